The fraction of sp³-hybridized carbons (Fsp3) is 0.267. The van der Waals surface area contributed by atoms with Crippen molar-refractivity contribution in [2.45, 2.75) is 25.8 Å². The molecule has 0 aliphatic carbocycles. The van der Waals surface area contributed by atoms with Gasteiger partial charge < -0.3 is 14.8 Å². The second-order valence-corrected chi connectivity index (χ2v) is 4.64. The molecular formula is C15H15NO5. The molecule has 0 fully saturated rings. The number of hydrogen-bond acceptors (Lipinski definition) is 4. The number of carbonyl (C=O) groups is 2. The summed E-state index contributed by atoms with van der Waals surface area (Å²) in [6.45, 7) is 1.81. The minimum Gasteiger partial charge on any atom is -0.480 e. The summed E-state index contributed by atoms with van der Waals surface area (Å²) in [6, 6.07) is 7.17. The van der Waals surface area contributed by atoms with Gasteiger partial charge in [0, 0.05) is 5.39 Å². The maximum atomic E-state index is 12.1. The first kappa shape index (κ1) is 14.8. The fourth-order valence-electron chi connectivity index (χ4n) is 2.00. The Bertz CT molecular complexity index is 734. The number of aliphatic carboxylic acids is 1. The number of amides is 1. The number of rotatable bonds is 5. The minimum atomic E-state index is -1.13. The van der Waals surface area contributed by atoms with Crippen molar-refractivity contribution in [2.75, 3.05) is 0 Å². The lowest BCUT2D eigenvalue weighted by Crippen LogP contribution is -2.42. The number of hydrogen-bond donors (Lipinski definition) is 2. The molecule has 1 atom stereocenters. The van der Waals surface area contributed by atoms with E-state index in [1.165, 1.54) is 6.07 Å². The summed E-state index contributed by atoms with van der Waals surface area (Å²) in [6.07, 6.45) is 0.892. The predicted molar refractivity (Wildman–Crippen MR) is 76.3 cm³/mol. The normalized spacial score (nSPS) is 12.0. The van der Waals surface area contributed by atoms with Crippen LogP contribution in [0.1, 0.15) is 30.1 Å². The lowest BCUT2D eigenvalue weighted by molar-refractivity contribution is -0.139. The van der Waals surface area contributed by atoms with Crippen molar-refractivity contribution in [1.82, 2.24) is 5.32 Å². The van der Waals surface area contributed by atoms with Crippen LogP contribution in [0.3, 0.4) is 0 Å². The van der Waals surface area contributed by atoms with E-state index in [0.29, 0.717) is 23.8 Å². The van der Waals surface area contributed by atoms with Gasteiger partial charge in [-0.15, -0.1) is 0 Å². The number of nitrogens with one attached hydrogen (secondary N) is 1. The van der Waals surface area contributed by atoms with Crippen LogP contribution in [0, 0.1) is 0 Å². The maximum Gasteiger partial charge on any atom is 0.349 e. The van der Waals surface area contributed by atoms with Crippen LogP contribution in [0.2, 0.25) is 0 Å². The average molecular weight is 289 g/mol. The second-order valence-electron chi connectivity index (χ2n) is 4.64. The first-order valence-corrected chi connectivity index (χ1v) is 6.59. The Morgan fingerprint density at radius 2 is 2.05 bits per heavy atom. The molecule has 6 heteroatoms. The van der Waals surface area contributed by atoms with Crippen molar-refractivity contribution in [3.8, 4) is 0 Å². The van der Waals surface area contributed by atoms with Crippen LogP contribution in [-0.4, -0.2) is 23.0 Å². The molecule has 0 spiro atoms. The van der Waals surface area contributed by atoms with Gasteiger partial charge in [0.2, 0.25) is 0 Å². The molecule has 0 radical (unpaired) electrons. The third kappa shape index (κ3) is 3.28. The van der Waals surface area contributed by atoms with Gasteiger partial charge in [-0.05, 0) is 18.6 Å². The van der Waals surface area contributed by atoms with Gasteiger partial charge in [0.25, 0.3) is 5.91 Å². The van der Waals surface area contributed by atoms with Gasteiger partial charge in [-0.2, -0.15) is 0 Å². The van der Waals surface area contributed by atoms with Crippen LogP contribution in [-0.2, 0) is 4.79 Å². The van der Waals surface area contributed by atoms with Crippen molar-refractivity contribution in [1.29, 1.82) is 0 Å². The van der Waals surface area contributed by atoms with Gasteiger partial charge in [-0.1, -0.05) is 31.5 Å². The number of carboxylic acids is 1. The SMILES string of the molecule is CCCC(NC(=O)c1cc2ccccc2oc1=O)C(=O)O. The van der Waals surface area contributed by atoms with Gasteiger partial charge in [-0.25, -0.2) is 9.59 Å². The van der Waals surface area contributed by atoms with E-state index in [2.05, 4.69) is 5.32 Å². The summed E-state index contributed by atoms with van der Waals surface area (Å²) in [5.41, 5.74) is -0.606. The van der Waals surface area contributed by atoms with E-state index in [0.717, 1.165) is 0 Å². The van der Waals surface area contributed by atoms with Crippen LogP contribution in [0.25, 0.3) is 11.0 Å². The Labute approximate surface area is 120 Å². The van der Waals surface area contributed by atoms with E-state index in [9.17, 15) is 14.4 Å². The highest BCUT2D eigenvalue weighted by Gasteiger charge is 2.22. The zero-order valence-electron chi connectivity index (χ0n) is 11.5. The van der Waals surface area contributed by atoms with Crippen LogP contribution < -0.4 is 10.9 Å². The lowest BCUT2D eigenvalue weighted by atomic mass is 10.1. The van der Waals surface area contributed by atoms with Crippen molar-refractivity contribution in [3.05, 3.63) is 46.3 Å². The summed E-state index contributed by atoms with van der Waals surface area (Å²) >= 11 is 0. The molecule has 110 valence electrons. The number of carbonyl (C=O) groups excluding carboxylic acids is 1. The molecule has 0 saturated heterocycles. The number of fused-ring (bicyclic) bond motifs is 1. The Morgan fingerprint density at radius 1 is 1.33 bits per heavy atom. The molecule has 2 aromatic rings. The average Bonchev–Trinajstić information content (AvgIpc) is 2.45. The third-order valence-corrected chi connectivity index (χ3v) is 3.07. The molecule has 21 heavy (non-hydrogen) atoms. The smallest absolute Gasteiger partial charge is 0.349 e. The standard InChI is InChI=1S/C15H15NO5/c1-2-5-11(14(18)19)16-13(17)10-8-9-6-3-4-7-12(9)21-15(10)20/h3-4,6-8,11H,2,5H2,1H3,(H,16,17)(H,18,19). The van der Waals surface area contributed by atoms with Gasteiger partial charge in [0.05, 0.1) is 0 Å². The van der Waals surface area contributed by atoms with Gasteiger partial charge in [0.15, 0.2) is 0 Å². The van der Waals surface area contributed by atoms with Crippen LogP contribution in [0.4, 0.5) is 0 Å². The summed E-state index contributed by atoms with van der Waals surface area (Å²) in [5, 5.41) is 12.0. The molecule has 0 aliphatic heterocycles. The zero-order chi connectivity index (χ0) is 15.4. The van der Waals surface area contributed by atoms with Crippen molar-refractivity contribution in [2.24, 2.45) is 0 Å². The summed E-state index contributed by atoms with van der Waals surface area (Å²) < 4.78 is 5.05. The molecule has 1 heterocycles. The van der Waals surface area contributed by atoms with E-state index >= 15 is 0 Å². The molecule has 1 amide bonds. The number of carboxylic acid groups (broad SMARTS) is 1. The molecule has 1 unspecified atom stereocenters. The topological polar surface area (TPSA) is 96.6 Å². The van der Waals surface area contributed by atoms with Gasteiger partial charge in [-0.3, -0.25) is 4.79 Å². The molecule has 1 aromatic carbocycles. The molecule has 0 saturated carbocycles. The highest BCUT2D eigenvalue weighted by atomic mass is 16.4. The first-order chi connectivity index (χ1) is 10.0. The largest absolute Gasteiger partial charge is 0.480 e. The Morgan fingerprint density at radius 3 is 2.71 bits per heavy atom. The Balaban J connectivity index is 2.32. The fourth-order valence-corrected chi connectivity index (χ4v) is 2.00. The highest BCUT2D eigenvalue weighted by Crippen LogP contribution is 2.12. The van der Waals surface area contributed by atoms with E-state index in [1.54, 1.807) is 24.3 Å². The molecular weight excluding hydrogens is 274 g/mol. The summed E-state index contributed by atoms with van der Waals surface area (Å²) in [4.78, 5) is 34.9. The Kier molecular flexibility index (Phi) is 4.37. The molecule has 2 N–H and O–H groups in total. The van der Waals surface area contributed by atoms with E-state index in [1.807, 2.05) is 6.92 Å². The molecule has 2 rings (SSSR count). The molecule has 6 nitrogen and oxygen atoms in total. The molecule has 1 aromatic heterocycles. The Hall–Kier alpha value is -2.63. The summed E-state index contributed by atoms with van der Waals surface area (Å²) in [5.74, 6) is -1.87. The molecule has 0 aliphatic rings. The van der Waals surface area contributed by atoms with E-state index in [4.69, 9.17) is 9.52 Å². The first-order valence-electron chi connectivity index (χ1n) is 6.59. The quantitative estimate of drug-likeness (QED) is 0.818. The number of para-hydroxylation sites is 1. The van der Waals surface area contributed by atoms with Gasteiger partial charge in [0.1, 0.15) is 17.2 Å². The lowest BCUT2D eigenvalue weighted by Gasteiger charge is -2.13. The van der Waals surface area contributed by atoms with Crippen LogP contribution in [0.15, 0.2) is 39.5 Å². The monoisotopic (exact) mass is 289 g/mol. The molecule has 0 bridgehead atoms. The minimum absolute atomic E-state index is 0.198. The zero-order valence-corrected chi connectivity index (χ0v) is 11.5. The summed E-state index contributed by atoms with van der Waals surface area (Å²) in [7, 11) is 0. The number of benzene rings is 1. The van der Waals surface area contributed by atoms with E-state index in [-0.39, 0.29) is 5.56 Å². The second kappa shape index (κ2) is 6.21. The predicted octanol–water partition coefficient (Wildman–Crippen LogP) is 1.78. The maximum absolute atomic E-state index is 12.1. The van der Waals surface area contributed by atoms with Crippen molar-refractivity contribution >= 4 is 22.8 Å². The highest BCUT2D eigenvalue weighted by molar-refractivity contribution is 5.98. The third-order valence-electron chi connectivity index (χ3n) is 3.07. The van der Waals surface area contributed by atoms with Crippen molar-refractivity contribution in [3.63, 3.8) is 0 Å². The van der Waals surface area contributed by atoms with Crippen molar-refractivity contribution < 1.29 is 19.1 Å². The van der Waals surface area contributed by atoms with Gasteiger partial charge >= 0.3 is 11.6 Å². The van der Waals surface area contributed by atoms with E-state index < -0.39 is 23.5 Å². The van der Waals surface area contributed by atoms with Crippen LogP contribution >= 0.6 is 0 Å². The van der Waals surface area contributed by atoms with Crippen LogP contribution in [0.5, 0.6) is 0 Å².